The van der Waals surface area contributed by atoms with Gasteiger partial charge in [0.1, 0.15) is 0 Å². The molecule has 1 saturated heterocycles. The van der Waals surface area contributed by atoms with Crippen LogP contribution in [0.2, 0.25) is 0 Å². The number of ether oxygens (including phenoxy) is 2. The van der Waals surface area contributed by atoms with E-state index in [-0.39, 0.29) is 17.4 Å². The Morgan fingerprint density at radius 2 is 1.82 bits per heavy atom. The third-order valence-electron chi connectivity index (χ3n) is 7.04. The molecule has 0 radical (unpaired) electrons. The van der Waals surface area contributed by atoms with E-state index >= 15 is 0 Å². The molecule has 0 unspecified atom stereocenters. The van der Waals surface area contributed by atoms with Crippen molar-refractivity contribution in [3.8, 4) is 11.5 Å². The Labute approximate surface area is 198 Å². The first-order valence-corrected chi connectivity index (χ1v) is 13.7. The van der Waals surface area contributed by atoms with Gasteiger partial charge >= 0.3 is 0 Å². The second kappa shape index (κ2) is 10.0. The fourth-order valence-corrected chi connectivity index (χ4v) is 5.89. The summed E-state index contributed by atoms with van der Waals surface area (Å²) in [5.74, 6) is 1.70. The standard InChI is InChI=1S/C26H36N2O4S/c1-26(18-27-33(3,29)30)19-28(16-20-9-5-4-6-10-20)17-23(26)21-13-14-24(31-2)25(15-21)32-22-11-7-8-12-22/h4-6,9-10,13-15,22-23,27H,7-8,11-12,16-19H2,1-3H3/t23-,26+/m0/s1. The summed E-state index contributed by atoms with van der Waals surface area (Å²) < 4.78 is 38.5. The topological polar surface area (TPSA) is 67.9 Å². The number of hydrogen-bond acceptors (Lipinski definition) is 5. The molecule has 180 valence electrons. The molecule has 2 fully saturated rings. The second-order valence-corrected chi connectivity index (χ2v) is 11.7. The van der Waals surface area contributed by atoms with Gasteiger partial charge in [-0.2, -0.15) is 0 Å². The number of sulfonamides is 1. The van der Waals surface area contributed by atoms with Crippen LogP contribution in [0.3, 0.4) is 0 Å². The molecule has 6 nitrogen and oxygen atoms in total. The number of methoxy groups -OCH3 is 1. The Morgan fingerprint density at radius 1 is 1.09 bits per heavy atom. The number of hydrogen-bond donors (Lipinski definition) is 1. The Bertz CT molecular complexity index is 1040. The maximum atomic E-state index is 11.9. The molecule has 7 heteroatoms. The van der Waals surface area contributed by atoms with Gasteiger partial charge in [0.15, 0.2) is 11.5 Å². The van der Waals surface area contributed by atoms with Crippen molar-refractivity contribution in [3.05, 3.63) is 59.7 Å². The maximum absolute atomic E-state index is 11.9. The van der Waals surface area contributed by atoms with Crippen molar-refractivity contribution in [1.82, 2.24) is 9.62 Å². The molecular weight excluding hydrogens is 436 g/mol. The first-order valence-electron chi connectivity index (χ1n) is 11.8. The number of benzene rings is 2. The van der Waals surface area contributed by atoms with E-state index in [0.29, 0.717) is 6.54 Å². The summed E-state index contributed by atoms with van der Waals surface area (Å²) in [5, 5.41) is 0. The molecule has 1 N–H and O–H groups in total. The molecule has 0 bridgehead atoms. The highest BCUT2D eigenvalue weighted by Crippen LogP contribution is 2.45. The maximum Gasteiger partial charge on any atom is 0.208 e. The van der Waals surface area contributed by atoms with E-state index in [1.807, 2.05) is 12.1 Å². The summed E-state index contributed by atoms with van der Waals surface area (Å²) in [6, 6.07) is 16.6. The lowest BCUT2D eigenvalue weighted by Crippen LogP contribution is -2.39. The van der Waals surface area contributed by atoms with Gasteiger partial charge in [-0.3, -0.25) is 4.90 Å². The van der Waals surface area contributed by atoms with Crippen LogP contribution in [-0.4, -0.2) is 52.4 Å². The van der Waals surface area contributed by atoms with Crippen LogP contribution in [0, 0.1) is 5.41 Å². The van der Waals surface area contributed by atoms with E-state index in [0.717, 1.165) is 49.5 Å². The van der Waals surface area contributed by atoms with Crippen LogP contribution in [0.1, 0.15) is 49.7 Å². The van der Waals surface area contributed by atoms with E-state index in [9.17, 15) is 8.42 Å². The zero-order valence-electron chi connectivity index (χ0n) is 19.9. The first-order chi connectivity index (χ1) is 15.8. The van der Waals surface area contributed by atoms with E-state index < -0.39 is 10.0 Å². The second-order valence-electron chi connectivity index (χ2n) is 9.89. The molecule has 33 heavy (non-hydrogen) atoms. The summed E-state index contributed by atoms with van der Waals surface area (Å²) in [5.41, 5.74) is 2.17. The lowest BCUT2D eigenvalue weighted by Gasteiger charge is -2.31. The summed E-state index contributed by atoms with van der Waals surface area (Å²) in [7, 11) is -1.61. The molecule has 2 atom stereocenters. The molecule has 2 aromatic rings. The quantitative estimate of drug-likeness (QED) is 0.593. The monoisotopic (exact) mass is 472 g/mol. The average molecular weight is 473 g/mol. The molecule has 0 spiro atoms. The van der Waals surface area contributed by atoms with Crippen molar-refractivity contribution in [1.29, 1.82) is 0 Å². The van der Waals surface area contributed by atoms with E-state index in [4.69, 9.17) is 9.47 Å². The van der Waals surface area contributed by atoms with Gasteiger partial charge in [0, 0.05) is 37.5 Å². The molecule has 0 aromatic heterocycles. The highest BCUT2D eigenvalue weighted by Gasteiger charge is 2.44. The van der Waals surface area contributed by atoms with Gasteiger partial charge in [0.2, 0.25) is 10.0 Å². The van der Waals surface area contributed by atoms with Gasteiger partial charge in [-0.25, -0.2) is 13.1 Å². The summed E-state index contributed by atoms with van der Waals surface area (Å²) in [6.45, 7) is 5.08. The van der Waals surface area contributed by atoms with Crippen molar-refractivity contribution in [2.75, 3.05) is 33.0 Å². The third-order valence-corrected chi connectivity index (χ3v) is 7.71. The van der Waals surface area contributed by atoms with Gasteiger partial charge in [-0.15, -0.1) is 0 Å². The molecule has 1 heterocycles. The van der Waals surface area contributed by atoms with Crippen molar-refractivity contribution < 1.29 is 17.9 Å². The summed E-state index contributed by atoms with van der Waals surface area (Å²) >= 11 is 0. The van der Waals surface area contributed by atoms with Gasteiger partial charge in [0.05, 0.1) is 19.5 Å². The van der Waals surface area contributed by atoms with Crippen LogP contribution in [0.4, 0.5) is 0 Å². The lowest BCUT2D eigenvalue weighted by molar-refractivity contribution is 0.200. The predicted octanol–water partition coefficient (Wildman–Crippen LogP) is 4.17. The number of nitrogens with zero attached hydrogens (tertiary/aromatic N) is 1. The van der Waals surface area contributed by atoms with Crippen LogP contribution < -0.4 is 14.2 Å². The molecule has 2 aliphatic rings. The number of nitrogens with one attached hydrogen (secondary N) is 1. The van der Waals surface area contributed by atoms with Crippen molar-refractivity contribution >= 4 is 10.0 Å². The minimum absolute atomic E-state index is 0.160. The normalized spacial score (nSPS) is 24.3. The van der Waals surface area contributed by atoms with Crippen LogP contribution in [0.25, 0.3) is 0 Å². The van der Waals surface area contributed by atoms with Gasteiger partial charge in [0.25, 0.3) is 0 Å². The smallest absolute Gasteiger partial charge is 0.208 e. The summed E-state index contributed by atoms with van der Waals surface area (Å²) in [4.78, 5) is 2.42. The zero-order valence-corrected chi connectivity index (χ0v) is 20.7. The number of likely N-dealkylation sites (tertiary alicyclic amines) is 1. The SMILES string of the molecule is COc1ccc([C@@H]2CN(Cc3ccccc3)C[C@@]2(C)CNS(C)(=O)=O)cc1OC1CCCC1. The van der Waals surface area contributed by atoms with Gasteiger partial charge in [-0.05, 0) is 48.9 Å². The fourth-order valence-electron chi connectivity index (χ4n) is 5.30. The first kappa shape index (κ1) is 24.0. The molecule has 4 rings (SSSR count). The van der Waals surface area contributed by atoms with Crippen LogP contribution >= 0.6 is 0 Å². The average Bonchev–Trinajstić information content (AvgIpc) is 3.40. The fraction of sp³-hybridized carbons (Fsp3) is 0.538. The third kappa shape index (κ3) is 6.08. The predicted molar refractivity (Wildman–Crippen MR) is 131 cm³/mol. The molecular formula is C26H36N2O4S. The van der Waals surface area contributed by atoms with E-state index in [1.54, 1.807) is 7.11 Å². The molecule has 0 amide bonds. The molecule has 2 aromatic carbocycles. The Kier molecular flexibility index (Phi) is 7.31. The molecule has 1 aliphatic heterocycles. The van der Waals surface area contributed by atoms with Crippen LogP contribution in [-0.2, 0) is 16.6 Å². The minimum Gasteiger partial charge on any atom is -0.493 e. The highest BCUT2D eigenvalue weighted by molar-refractivity contribution is 7.88. The summed E-state index contributed by atoms with van der Waals surface area (Å²) in [6.07, 6.45) is 6.04. The van der Waals surface area contributed by atoms with Gasteiger partial charge < -0.3 is 9.47 Å². The molecule has 1 saturated carbocycles. The highest BCUT2D eigenvalue weighted by atomic mass is 32.2. The van der Waals surface area contributed by atoms with Gasteiger partial charge in [-0.1, -0.05) is 43.3 Å². The Balaban J connectivity index is 1.61. The van der Waals surface area contributed by atoms with Crippen molar-refractivity contribution in [3.63, 3.8) is 0 Å². The number of rotatable bonds is 9. The Morgan fingerprint density at radius 3 is 2.48 bits per heavy atom. The van der Waals surface area contributed by atoms with E-state index in [2.05, 4.69) is 52.9 Å². The van der Waals surface area contributed by atoms with Crippen LogP contribution in [0.15, 0.2) is 48.5 Å². The van der Waals surface area contributed by atoms with E-state index in [1.165, 1.54) is 24.7 Å². The lowest BCUT2D eigenvalue weighted by atomic mass is 9.76. The van der Waals surface area contributed by atoms with Crippen molar-refractivity contribution in [2.24, 2.45) is 5.41 Å². The molecule has 1 aliphatic carbocycles. The minimum atomic E-state index is -3.28. The largest absolute Gasteiger partial charge is 0.493 e. The zero-order chi connectivity index (χ0) is 23.5. The Hall–Kier alpha value is -2.09. The van der Waals surface area contributed by atoms with Crippen molar-refractivity contribution in [2.45, 2.75) is 51.2 Å². The van der Waals surface area contributed by atoms with Crippen LogP contribution in [0.5, 0.6) is 11.5 Å².